The Hall–Kier alpha value is -0.250. The average molecular weight is 422 g/mol. The van der Waals surface area contributed by atoms with Crippen LogP contribution in [0.4, 0.5) is 0 Å². The SMILES string of the molecule is O=C1CC(Br)C(Br)CC(=O)CP(=O)(c2ccccc2)C1. The Morgan fingerprint density at radius 1 is 0.900 bits per heavy atom. The maximum Gasteiger partial charge on any atom is 0.141 e. The van der Waals surface area contributed by atoms with Crippen LogP contribution in [0.2, 0.25) is 0 Å². The number of alkyl halides is 2. The zero-order valence-electron chi connectivity index (χ0n) is 10.8. The number of Topliss-reactive ketones (excluding diaryl/α,β-unsaturated/α-hetero) is 2. The lowest BCUT2D eigenvalue weighted by Gasteiger charge is -2.16. The summed E-state index contributed by atoms with van der Waals surface area (Å²) in [6.45, 7) is 0. The number of carbonyl (C=O) groups excluding carboxylic acids is 2. The summed E-state index contributed by atoms with van der Waals surface area (Å²) in [5.74, 6) is -0.114. The zero-order valence-corrected chi connectivity index (χ0v) is 14.9. The van der Waals surface area contributed by atoms with Crippen LogP contribution >= 0.6 is 39.0 Å². The number of halogens is 2. The third-order valence-electron chi connectivity index (χ3n) is 3.33. The quantitative estimate of drug-likeness (QED) is 0.517. The first kappa shape index (κ1) is 16.1. The first-order valence-electron chi connectivity index (χ1n) is 6.36. The van der Waals surface area contributed by atoms with Gasteiger partial charge in [-0.2, -0.15) is 0 Å². The first-order chi connectivity index (χ1) is 9.40. The van der Waals surface area contributed by atoms with E-state index in [2.05, 4.69) is 31.9 Å². The highest BCUT2D eigenvalue weighted by Gasteiger charge is 2.35. The maximum atomic E-state index is 13.1. The third-order valence-corrected chi connectivity index (χ3v) is 8.93. The molecule has 20 heavy (non-hydrogen) atoms. The number of benzene rings is 1. The largest absolute Gasteiger partial charge is 0.318 e. The highest BCUT2D eigenvalue weighted by atomic mass is 79.9. The molecule has 2 unspecified atom stereocenters. The summed E-state index contributed by atoms with van der Waals surface area (Å²) in [6.07, 6.45) is 0.537. The van der Waals surface area contributed by atoms with Crippen molar-refractivity contribution in [3.05, 3.63) is 30.3 Å². The molecule has 1 aromatic rings. The van der Waals surface area contributed by atoms with Gasteiger partial charge < -0.3 is 4.57 Å². The van der Waals surface area contributed by atoms with E-state index in [9.17, 15) is 14.2 Å². The molecule has 0 spiro atoms. The van der Waals surface area contributed by atoms with Crippen LogP contribution < -0.4 is 5.30 Å². The molecule has 1 heterocycles. The minimum absolute atomic E-state index is 0.0232. The molecule has 1 saturated heterocycles. The summed E-state index contributed by atoms with van der Waals surface area (Å²) < 4.78 is 13.1. The van der Waals surface area contributed by atoms with Crippen molar-refractivity contribution in [2.24, 2.45) is 0 Å². The molecule has 3 nitrogen and oxygen atoms in total. The minimum atomic E-state index is -2.97. The lowest BCUT2D eigenvalue weighted by atomic mass is 10.1. The smallest absolute Gasteiger partial charge is 0.141 e. The fourth-order valence-electron chi connectivity index (χ4n) is 2.33. The van der Waals surface area contributed by atoms with Gasteiger partial charge in [-0.3, -0.25) is 9.59 Å². The average Bonchev–Trinajstić information content (AvgIpc) is 2.41. The summed E-state index contributed by atoms with van der Waals surface area (Å²) in [5.41, 5.74) is 0. The van der Waals surface area contributed by atoms with Gasteiger partial charge in [0.05, 0.1) is 12.3 Å². The van der Waals surface area contributed by atoms with Crippen LogP contribution in [-0.4, -0.2) is 33.5 Å². The first-order valence-corrected chi connectivity index (χ1v) is 10.3. The molecule has 0 aliphatic carbocycles. The summed E-state index contributed by atoms with van der Waals surface area (Å²) in [5, 5.41) is 0.626. The maximum absolute atomic E-state index is 13.1. The van der Waals surface area contributed by atoms with Gasteiger partial charge in [-0.25, -0.2) is 0 Å². The van der Waals surface area contributed by atoms with Crippen LogP contribution in [0.25, 0.3) is 0 Å². The van der Waals surface area contributed by atoms with Crippen LogP contribution in [0.3, 0.4) is 0 Å². The molecule has 2 rings (SSSR count). The molecule has 0 saturated carbocycles. The van der Waals surface area contributed by atoms with E-state index in [4.69, 9.17) is 0 Å². The van der Waals surface area contributed by atoms with Crippen LogP contribution in [-0.2, 0) is 14.2 Å². The summed E-state index contributed by atoms with van der Waals surface area (Å²) in [4.78, 5) is 24.0. The van der Waals surface area contributed by atoms with E-state index in [-0.39, 0.29) is 33.5 Å². The van der Waals surface area contributed by atoms with Crippen LogP contribution in [0, 0.1) is 0 Å². The van der Waals surface area contributed by atoms with Crippen molar-refractivity contribution >= 4 is 55.9 Å². The van der Waals surface area contributed by atoms with E-state index in [1.807, 2.05) is 6.07 Å². The van der Waals surface area contributed by atoms with Gasteiger partial charge in [-0.05, 0) is 0 Å². The summed E-state index contributed by atoms with van der Waals surface area (Å²) in [7, 11) is -2.97. The minimum Gasteiger partial charge on any atom is -0.318 e. The molecule has 6 heteroatoms. The van der Waals surface area contributed by atoms with Crippen LogP contribution in [0.1, 0.15) is 12.8 Å². The van der Waals surface area contributed by atoms with Gasteiger partial charge in [-0.1, -0.05) is 62.2 Å². The summed E-state index contributed by atoms with van der Waals surface area (Å²) >= 11 is 6.85. The Morgan fingerprint density at radius 2 is 1.35 bits per heavy atom. The number of carbonyl (C=O) groups is 2. The molecule has 1 aliphatic heterocycles. The standard InChI is InChI=1S/C14H15Br2O3P/c15-13-6-10(17)8-20(19,9-11(18)7-14(13)16)12-4-2-1-3-5-12/h1-5,13-14H,6-9H2. The normalized spacial score (nSPS) is 32.3. The van der Waals surface area contributed by atoms with Crippen molar-refractivity contribution in [2.75, 3.05) is 12.3 Å². The monoisotopic (exact) mass is 420 g/mol. The molecule has 0 bridgehead atoms. The van der Waals surface area contributed by atoms with Gasteiger partial charge >= 0.3 is 0 Å². The van der Waals surface area contributed by atoms with Crippen LogP contribution in [0.15, 0.2) is 30.3 Å². The van der Waals surface area contributed by atoms with Crippen molar-refractivity contribution in [1.82, 2.24) is 0 Å². The van der Waals surface area contributed by atoms with E-state index in [0.717, 1.165) is 0 Å². The second-order valence-corrected chi connectivity index (χ2v) is 10.3. The molecular formula is C14H15Br2O3P. The van der Waals surface area contributed by atoms with Gasteiger partial charge in [0.1, 0.15) is 18.7 Å². The fraction of sp³-hybridized carbons (Fsp3) is 0.429. The van der Waals surface area contributed by atoms with Crippen molar-refractivity contribution in [3.8, 4) is 0 Å². The van der Waals surface area contributed by atoms with E-state index in [1.54, 1.807) is 24.3 Å². The van der Waals surface area contributed by atoms with E-state index in [1.165, 1.54) is 0 Å². The molecule has 1 fully saturated rings. The van der Waals surface area contributed by atoms with Crippen molar-refractivity contribution in [2.45, 2.75) is 22.5 Å². The van der Waals surface area contributed by atoms with Gasteiger partial charge in [0, 0.05) is 27.8 Å². The lowest BCUT2D eigenvalue weighted by Crippen LogP contribution is -2.20. The Balaban J connectivity index is 2.35. The highest BCUT2D eigenvalue weighted by molar-refractivity contribution is 9.12. The number of hydrogen-bond acceptors (Lipinski definition) is 3. The molecule has 108 valence electrons. The number of ketones is 2. The number of hydrogen-bond donors (Lipinski definition) is 0. The fourth-order valence-corrected chi connectivity index (χ4v) is 6.01. The second kappa shape index (κ2) is 6.67. The molecule has 2 atom stereocenters. The van der Waals surface area contributed by atoms with E-state index in [0.29, 0.717) is 18.1 Å². The van der Waals surface area contributed by atoms with Gasteiger partial charge in [-0.15, -0.1) is 0 Å². The molecule has 1 aliphatic rings. The van der Waals surface area contributed by atoms with E-state index < -0.39 is 7.14 Å². The molecular weight excluding hydrogens is 407 g/mol. The molecule has 0 aromatic heterocycles. The van der Waals surface area contributed by atoms with Crippen molar-refractivity contribution in [3.63, 3.8) is 0 Å². The summed E-state index contributed by atoms with van der Waals surface area (Å²) in [6, 6.07) is 8.90. The predicted molar refractivity (Wildman–Crippen MR) is 88.1 cm³/mol. The topological polar surface area (TPSA) is 51.2 Å². The Morgan fingerprint density at radius 3 is 1.80 bits per heavy atom. The molecule has 0 radical (unpaired) electrons. The van der Waals surface area contributed by atoms with E-state index >= 15 is 0 Å². The zero-order chi connectivity index (χ0) is 14.8. The van der Waals surface area contributed by atoms with Crippen molar-refractivity contribution in [1.29, 1.82) is 0 Å². The van der Waals surface area contributed by atoms with Crippen molar-refractivity contribution < 1.29 is 14.2 Å². The Labute approximate surface area is 135 Å². The van der Waals surface area contributed by atoms with Gasteiger partial charge in [0.15, 0.2) is 0 Å². The molecule has 0 N–H and O–H groups in total. The second-order valence-electron chi connectivity index (χ2n) is 5.06. The molecule has 1 aromatic carbocycles. The lowest BCUT2D eigenvalue weighted by molar-refractivity contribution is -0.117. The molecule has 0 amide bonds. The third kappa shape index (κ3) is 3.90. The van der Waals surface area contributed by atoms with Crippen LogP contribution in [0.5, 0.6) is 0 Å². The number of rotatable bonds is 1. The Kier molecular flexibility index (Phi) is 5.38. The van der Waals surface area contributed by atoms with Gasteiger partial charge in [0.25, 0.3) is 0 Å². The Bertz CT molecular complexity index is 531. The predicted octanol–water partition coefficient (Wildman–Crippen LogP) is 3.13. The highest BCUT2D eigenvalue weighted by Crippen LogP contribution is 2.46. The van der Waals surface area contributed by atoms with Gasteiger partial charge in [0.2, 0.25) is 0 Å².